The first-order valence-electron chi connectivity index (χ1n) is 12.9. The van der Waals surface area contributed by atoms with Crippen molar-refractivity contribution in [3.63, 3.8) is 0 Å². The molecule has 2 aromatic rings. The van der Waals surface area contributed by atoms with E-state index in [1.165, 1.54) is 6.92 Å². The van der Waals surface area contributed by atoms with E-state index in [1.807, 2.05) is 31.2 Å². The van der Waals surface area contributed by atoms with Gasteiger partial charge in [0.15, 0.2) is 0 Å². The lowest BCUT2D eigenvalue weighted by molar-refractivity contribution is -0.189. The molecule has 11 heteroatoms. The highest BCUT2D eigenvalue weighted by atomic mass is 35.5. The molecule has 0 aromatic heterocycles. The highest BCUT2D eigenvalue weighted by Crippen LogP contribution is 2.48. The van der Waals surface area contributed by atoms with Crippen molar-refractivity contribution in [1.29, 1.82) is 0 Å². The van der Waals surface area contributed by atoms with Gasteiger partial charge in [0.2, 0.25) is 0 Å². The summed E-state index contributed by atoms with van der Waals surface area (Å²) in [5, 5.41) is 29.5. The van der Waals surface area contributed by atoms with E-state index in [4.69, 9.17) is 25.8 Å². The normalized spacial score (nSPS) is 22.3. The molecule has 0 aliphatic carbocycles. The smallest absolute Gasteiger partial charge is 0.303 e. The van der Waals surface area contributed by atoms with Gasteiger partial charge in [0.1, 0.15) is 12.4 Å². The van der Waals surface area contributed by atoms with Crippen LogP contribution in [-0.4, -0.2) is 58.5 Å². The van der Waals surface area contributed by atoms with Gasteiger partial charge >= 0.3 is 23.9 Å². The Labute approximate surface area is 236 Å². The molecule has 0 saturated carbocycles. The maximum atomic E-state index is 11.9. The van der Waals surface area contributed by atoms with Crippen molar-refractivity contribution in [1.82, 2.24) is 0 Å². The van der Waals surface area contributed by atoms with Gasteiger partial charge in [-0.25, -0.2) is 0 Å². The Morgan fingerprint density at radius 3 is 2.05 bits per heavy atom. The molecule has 3 rings (SSSR count). The Hall–Kier alpha value is -3.63. The molecular formula is C29H33ClO10. The van der Waals surface area contributed by atoms with E-state index in [0.29, 0.717) is 23.6 Å². The number of rotatable bonds is 13. The van der Waals surface area contributed by atoms with Gasteiger partial charge in [-0.05, 0) is 54.2 Å². The summed E-state index contributed by atoms with van der Waals surface area (Å²) in [6.07, 6.45) is -2.83. The van der Waals surface area contributed by atoms with Crippen LogP contribution in [0.1, 0.15) is 55.9 Å². The predicted molar refractivity (Wildman–Crippen MR) is 143 cm³/mol. The largest absolute Gasteiger partial charge is 0.494 e. The van der Waals surface area contributed by atoms with Gasteiger partial charge in [0, 0.05) is 30.2 Å². The summed E-state index contributed by atoms with van der Waals surface area (Å²) in [7, 11) is 0. The number of carbonyl (C=O) groups excluding carboxylic acids is 1. The minimum atomic E-state index is -1.20. The zero-order chi connectivity index (χ0) is 29.4. The fourth-order valence-electron chi connectivity index (χ4n) is 5.34. The van der Waals surface area contributed by atoms with Gasteiger partial charge in [-0.2, -0.15) is 0 Å². The van der Waals surface area contributed by atoms with E-state index < -0.39 is 73.1 Å². The lowest BCUT2D eigenvalue weighted by atomic mass is 9.68. The fourth-order valence-corrected chi connectivity index (χ4v) is 5.53. The number of aliphatic carboxylic acids is 3. The molecule has 5 atom stereocenters. The maximum Gasteiger partial charge on any atom is 0.303 e. The molecule has 0 radical (unpaired) electrons. The highest BCUT2D eigenvalue weighted by Gasteiger charge is 2.48. The van der Waals surface area contributed by atoms with Crippen LogP contribution in [0.2, 0.25) is 5.02 Å². The Bertz CT molecular complexity index is 1210. The van der Waals surface area contributed by atoms with E-state index in [2.05, 4.69) is 0 Å². The van der Waals surface area contributed by atoms with Crippen molar-refractivity contribution >= 4 is 35.5 Å². The quantitative estimate of drug-likeness (QED) is 0.288. The molecule has 0 unspecified atom stereocenters. The first-order valence-corrected chi connectivity index (χ1v) is 13.3. The van der Waals surface area contributed by atoms with Gasteiger partial charge in [-0.15, -0.1) is 0 Å². The third-order valence-corrected chi connectivity index (χ3v) is 7.37. The molecule has 10 nitrogen and oxygen atoms in total. The molecule has 1 aliphatic rings. The van der Waals surface area contributed by atoms with Crippen LogP contribution in [0.4, 0.5) is 0 Å². The van der Waals surface area contributed by atoms with Gasteiger partial charge in [0.25, 0.3) is 0 Å². The molecule has 1 heterocycles. The first-order chi connectivity index (χ1) is 19.0. The van der Waals surface area contributed by atoms with Crippen LogP contribution in [0.5, 0.6) is 5.75 Å². The van der Waals surface area contributed by atoms with Crippen molar-refractivity contribution in [3.8, 4) is 5.75 Å². The molecule has 2 aromatic carbocycles. The molecule has 0 amide bonds. The maximum absolute atomic E-state index is 11.9. The number of hydrogen-bond donors (Lipinski definition) is 3. The molecule has 0 bridgehead atoms. The second-order valence-electron chi connectivity index (χ2n) is 9.79. The van der Waals surface area contributed by atoms with E-state index in [-0.39, 0.29) is 6.61 Å². The van der Waals surface area contributed by atoms with E-state index in [1.54, 1.807) is 18.2 Å². The zero-order valence-electron chi connectivity index (χ0n) is 22.2. The van der Waals surface area contributed by atoms with Crippen LogP contribution in [0.25, 0.3) is 0 Å². The van der Waals surface area contributed by atoms with Gasteiger partial charge in [0.05, 0.1) is 31.7 Å². The molecule has 1 aliphatic heterocycles. The third kappa shape index (κ3) is 8.43. The summed E-state index contributed by atoms with van der Waals surface area (Å²) in [6, 6.07) is 12.7. The Morgan fingerprint density at radius 1 is 0.875 bits per heavy atom. The van der Waals surface area contributed by atoms with Crippen LogP contribution in [0.15, 0.2) is 42.5 Å². The van der Waals surface area contributed by atoms with Gasteiger partial charge < -0.3 is 29.5 Å². The van der Waals surface area contributed by atoms with Crippen LogP contribution in [0.3, 0.4) is 0 Å². The molecule has 3 N–H and O–H groups in total. The first kappa shape index (κ1) is 30.9. The summed E-state index contributed by atoms with van der Waals surface area (Å²) in [5.74, 6) is -6.10. The molecule has 1 fully saturated rings. The average molecular weight is 577 g/mol. The average Bonchev–Trinajstić information content (AvgIpc) is 2.87. The Morgan fingerprint density at radius 2 is 1.48 bits per heavy atom. The van der Waals surface area contributed by atoms with Crippen molar-refractivity contribution in [2.24, 2.45) is 17.8 Å². The van der Waals surface area contributed by atoms with Gasteiger partial charge in [-0.1, -0.05) is 35.9 Å². The number of ether oxygens (including phenoxy) is 3. The second-order valence-corrected chi connectivity index (χ2v) is 10.2. The predicted octanol–water partition coefficient (Wildman–Crippen LogP) is 4.61. The van der Waals surface area contributed by atoms with Crippen LogP contribution in [-0.2, 0) is 35.1 Å². The summed E-state index contributed by atoms with van der Waals surface area (Å²) >= 11 is 6.52. The van der Waals surface area contributed by atoms with E-state index >= 15 is 0 Å². The SMILES string of the molecule is CCOc1ccc(Cc2cc([C@H]3O[C@@H](COC(C)=O)[C@H](CC(=O)O)[C@H](CC(=O)O)[C@@H]3CC(=O)O)ccc2Cl)cc1. The standard InChI is InChI=1S/C29H33ClO10/c1-3-38-20-7-4-17(5-8-20)10-19-11-18(6-9-24(19)30)29-23(14-28(36)37)21(12-26(32)33)22(13-27(34)35)25(40-29)15-39-16(2)31/h4-9,11,21-23,25,29H,3,10,12-15H2,1-2H3,(H,32,33)(H,34,35)(H,36,37)/t21-,22+,23-,25-,29+/m0/s1. The second kappa shape index (κ2) is 14.1. The lowest BCUT2D eigenvalue weighted by Gasteiger charge is -2.46. The van der Waals surface area contributed by atoms with Crippen molar-refractivity contribution in [2.75, 3.05) is 13.2 Å². The number of carboxylic acids is 3. The molecular weight excluding hydrogens is 544 g/mol. The van der Waals surface area contributed by atoms with E-state index in [9.17, 15) is 34.5 Å². The molecule has 0 spiro atoms. The monoisotopic (exact) mass is 576 g/mol. The Balaban J connectivity index is 2.03. The lowest BCUT2D eigenvalue weighted by Crippen LogP contribution is -2.48. The minimum Gasteiger partial charge on any atom is -0.494 e. The fraction of sp³-hybridized carbons (Fsp3) is 0.448. The van der Waals surface area contributed by atoms with Crippen LogP contribution < -0.4 is 4.74 Å². The summed E-state index contributed by atoms with van der Waals surface area (Å²) in [4.78, 5) is 47.1. The van der Waals surface area contributed by atoms with Crippen molar-refractivity contribution < 1.29 is 48.7 Å². The number of hydrogen-bond acceptors (Lipinski definition) is 7. The van der Waals surface area contributed by atoms with E-state index in [0.717, 1.165) is 16.9 Å². The molecule has 216 valence electrons. The van der Waals surface area contributed by atoms with Crippen LogP contribution >= 0.6 is 11.6 Å². The van der Waals surface area contributed by atoms with Crippen molar-refractivity contribution in [3.05, 3.63) is 64.2 Å². The van der Waals surface area contributed by atoms with Crippen molar-refractivity contribution in [2.45, 2.75) is 51.7 Å². The number of carboxylic acid groups (broad SMARTS) is 3. The molecule has 1 saturated heterocycles. The zero-order valence-corrected chi connectivity index (χ0v) is 23.0. The topological polar surface area (TPSA) is 157 Å². The highest BCUT2D eigenvalue weighted by molar-refractivity contribution is 6.31. The number of halogens is 1. The van der Waals surface area contributed by atoms with Crippen LogP contribution in [0, 0.1) is 17.8 Å². The number of benzene rings is 2. The minimum absolute atomic E-state index is 0.299. The summed E-state index contributed by atoms with van der Waals surface area (Å²) in [5.41, 5.74) is 2.25. The number of carbonyl (C=O) groups is 4. The summed E-state index contributed by atoms with van der Waals surface area (Å²) < 4.78 is 16.9. The molecule has 40 heavy (non-hydrogen) atoms. The Kier molecular flexibility index (Phi) is 10.9. The summed E-state index contributed by atoms with van der Waals surface area (Å²) in [6.45, 7) is 3.33. The third-order valence-electron chi connectivity index (χ3n) is 7.00. The van der Waals surface area contributed by atoms with Gasteiger partial charge in [-0.3, -0.25) is 19.2 Å². The number of esters is 1.